The van der Waals surface area contributed by atoms with Crippen molar-refractivity contribution in [3.63, 3.8) is 0 Å². The van der Waals surface area contributed by atoms with E-state index in [1.807, 2.05) is 0 Å². The number of nitrogens with zero attached hydrogens (tertiary/aromatic N) is 2. The molecule has 0 N–H and O–H groups in total. The summed E-state index contributed by atoms with van der Waals surface area (Å²) in [6.45, 7) is 8.08. The summed E-state index contributed by atoms with van der Waals surface area (Å²) in [6, 6.07) is 20.3. The quantitative estimate of drug-likeness (QED) is 0.206. The minimum atomic E-state index is 0.360. The van der Waals surface area contributed by atoms with Crippen LogP contribution in [0.1, 0.15) is 102 Å². The number of allylic oxidation sites excluding steroid dienone is 1. The van der Waals surface area contributed by atoms with E-state index in [0.717, 1.165) is 29.2 Å². The zero-order valence-corrected chi connectivity index (χ0v) is 23.1. The smallest absolute Gasteiger partial charge is 0.195 e. The van der Waals surface area contributed by atoms with E-state index in [1.165, 1.54) is 88.3 Å². The molecule has 0 aromatic heterocycles. The van der Waals surface area contributed by atoms with E-state index in [2.05, 4.69) is 79.5 Å². The molecule has 4 rings (SSSR count). The third kappa shape index (κ3) is 6.54. The van der Waals surface area contributed by atoms with Crippen molar-refractivity contribution in [3.05, 3.63) is 77.6 Å². The molecule has 1 saturated carbocycles. The van der Waals surface area contributed by atoms with Gasteiger partial charge in [-0.15, -0.1) is 0 Å². The Balaban J connectivity index is 1.78. The van der Waals surface area contributed by atoms with Crippen molar-refractivity contribution in [2.45, 2.75) is 97.2 Å². The van der Waals surface area contributed by atoms with E-state index in [1.54, 1.807) is 12.8 Å². The molecule has 1 fully saturated rings. The first-order chi connectivity index (χ1) is 17.7. The molecule has 1 aliphatic heterocycles. The van der Waals surface area contributed by atoms with Gasteiger partial charge in [0.15, 0.2) is 6.17 Å². The molecule has 2 atom stereocenters. The molecular weight excluding hydrogens is 440 g/mol. The van der Waals surface area contributed by atoms with Crippen LogP contribution in [0.4, 0.5) is 0 Å². The summed E-state index contributed by atoms with van der Waals surface area (Å²) >= 11 is 0. The first kappa shape index (κ1) is 26.8. The van der Waals surface area contributed by atoms with Crippen molar-refractivity contribution in [1.82, 2.24) is 4.90 Å². The first-order valence-corrected chi connectivity index (χ1v) is 14.7. The molecule has 0 bridgehead atoms. The largest absolute Gasteiger partial charge is 0.497 e. The van der Waals surface area contributed by atoms with Crippen LogP contribution in [0, 0.1) is 5.92 Å². The summed E-state index contributed by atoms with van der Waals surface area (Å²) in [5, 5.41) is 0. The van der Waals surface area contributed by atoms with E-state index in [-0.39, 0.29) is 0 Å². The van der Waals surface area contributed by atoms with Gasteiger partial charge in [-0.1, -0.05) is 82.7 Å². The summed E-state index contributed by atoms with van der Waals surface area (Å²) in [6.07, 6.45) is 17.6. The molecular formula is C33H49N2O+. The monoisotopic (exact) mass is 489 g/mol. The summed E-state index contributed by atoms with van der Waals surface area (Å²) in [5.41, 5.74) is 4.48. The molecule has 0 spiro atoms. The van der Waals surface area contributed by atoms with Gasteiger partial charge in [0.1, 0.15) is 18.5 Å². The maximum absolute atomic E-state index is 5.48. The zero-order chi connectivity index (χ0) is 25.2. The predicted octanol–water partition coefficient (Wildman–Crippen LogP) is 8.83. The summed E-state index contributed by atoms with van der Waals surface area (Å²) < 4.78 is 6.52. The number of hydrogen-bond donors (Lipinski definition) is 0. The van der Waals surface area contributed by atoms with E-state index >= 15 is 0 Å². The van der Waals surface area contributed by atoms with Crippen LogP contribution in [-0.4, -0.2) is 29.6 Å². The van der Waals surface area contributed by atoms with E-state index in [4.69, 9.17) is 4.74 Å². The summed E-state index contributed by atoms with van der Waals surface area (Å²) in [4.78, 5) is 2.82. The Morgan fingerprint density at radius 1 is 0.861 bits per heavy atom. The molecule has 2 aromatic carbocycles. The van der Waals surface area contributed by atoms with Gasteiger partial charge in [0, 0.05) is 23.6 Å². The fraction of sp³-hybridized carbons (Fsp3) is 0.576. The van der Waals surface area contributed by atoms with Crippen LogP contribution in [-0.2, 0) is 6.54 Å². The SMILES string of the molecule is CCCCCC1=C[N+](Cc2ccc(OC)cc2)(CC2CCCCC2)C(c2ccccc2)N1CCCC. The van der Waals surface area contributed by atoms with Gasteiger partial charge in [-0.05, 0) is 56.4 Å². The number of hydrogen-bond acceptors (Lipinski definition) is 2. The Morgan fingerprint density at radius 3 is 2.25 bits per heavy atom. The van der Waals surface area contributed by atoms with Gasteiger partial charge in [0.2, 0.25) is 0 Å². The molecule has 36 heavy (non-hydrogen) atoms. The highest BCUT2D eigenvalue weighted by molar-refractivity contribution is 5.28. The molecule has 196 valence electrons. The van der Waals surface area contributed by atoms with Gasteiger partial charge < -0.3 is 9.64 Å². The van der Waals surface area contributed by atoms with Crippen molar-refractivity contribution in [1.29, 1.82) is 0 Å². The number of quaternary nitrogens is 1. The molecule has 0 radical (unpaired) electrons. The lowest BCUT2D eigenvalue weighted by Gasteiger charge is -2.44. The molecule has 3 nitrogen and oxygen atoms in total. The molecule has 2 unspecified atom stereocenters. The maximum Gasteiger partial charge on any atom is 0.195 e. The Labute approximate surface area is 220 Å². The molecule has 0 saturated heterocycles. The fourth-order valence-corrected chi connectivity index (χ4v) is 6.61. The lowest BCUT2D eigenvalue weighted by atomic mass is 9.87. The van der Waals surface area contributed by atoms with E-state index < -0.39 is 0 Å². The molecule has 1 heterocycles. The van der Waals surface area contributed by atoms with Crippen LogP contribution in [0.25, 0.3) is 0 Å². The van der Waals surface area contributed by atoms with Gasteiger partial charge >= 0.3 is 0 Å². The first-order valence-electron chi connectivity index (χ1n) is 14.7. The van der Waals surface area contributed by atoms with Crippen molar-refractivity contribution >= 4 is 0 Å². The van der Waals surface area contributed by atoms with Gasteiger partial charge in [-0.3, -0.25) is 4.48 Å². The third-order valence-electron chi connectivity index (χ3n) is 8.40. The third-order valence-corrected chi connectivity index (χ3v) is 8.40. The lowest BCUT2D eigenvalue weighted by molar-refractivity contribution is -0.929. The highest BCUT2D eigenvalue weighted by atomic mass is 16.5. The average Bonchev–Trinajstić information content (AvgIpc) is 3.21. The lowest BCUT2D eigenvalue weighted by Crippen LogP contribution is -2.50. The summed E-state index contributed by atoms with van der Waals surface area (Å²) in [7, 11) is 1.76. The number of benzene rings is 2. The Hall–Kier alpha value is -2.26. The van der Waals surface area contributed by atoms with Gasteiger partial charge in [-0.2, -0.15) is 0 Å². The van der Waals surface area contributed by atoms with Crippen LogP contribution >= 0.6 is 0 Å². The van der Waals surface area contributed by atoms with Crippen molar-refractivity contribution < 1.29 is 9.22 Å². The van der Waals surface area contributed by atoms with E-state index in [0.29, 0.717) is 6.17 Å². The molecule has 3 heteroatoms. The molecule has 2 aliphatic rings. The van der Waals surface area contributed by atoms with Crippen LogP contribution < -0.4 is 4.74 Å². The Morgan fingerprint density at radius 2 is 1.58 bits per heavy atom. The highest BCUT2D eigenvalue weighted by Crippen LogP contribution is 2.46. The topological polar surface area (TPSA) is 12.5 Å². The zero-order valence-electron chi connectivity index (χ0n) is 23.1. The molecule has 0 amide bonds. The second-order valence-corrected chi connectivity index (χ2v) is 11.2. The molecule has 2 aromatic rings. The van der Waals surface area contributed by atoms with Crippen LogP contribution in [0.5, 0.6) is 5.75 Å². The highest BCUT2D eigenvalue weighted by Gasteiger charge is 2.48. The number of rotatable bonds is 13. The van der Waals surface area contributed by atoms with Gasteiger partial charge in [-0.25, -0.2) is 0 Å². The minimum absolute atomic E-state index is 0.360. The summed E-state index contributed by atoms with van der Waals surface area (Å²) in [5.74, 6) is 1.75. The maximum atomic E-state index is 5.48. The van der Waals surface area contributed by atoms with Crippen LogP contribution in [0.2, 0.25) is 0 Å². The molecule has 1 aliphatic carbocycles. The van der Waals surface area contributed by atoms with Crippen molar-refractivity contribution in [2.75, 3.05) is 20.2 Å². The predicted molar refractivity (Wildman–Crippen MR) is 151 cm³/mol. The van der Waals surface area contributed by atoms with Gasteiger partial charge in [0.05, 0.1) is 19.4 Å². The van der Waals surface area contributed by atoms with Crippen LogP contribution in [0.15, 0.2) is 66.5 Å². The number of ether oxygens (including phenoxy) is 1. The Kier molecular flexibility index (Phi) is 9.92. The van der Waals surface area contributed by atoms with Crippen molar-refractivity contribution in [3.8, 4) is 5.75 Å². The normalized spacial score (nSPS) is 22.6. The van der Waals surface area contributed by atoms with Crippen LogP contribution in [0.3, 0.4) is 0 Å². The fourth-order valence-electron chi connectivity index (χ4n) is 6.61. The standard InChI is InChI=1S/C33H49N2O/c1-4-6-10-19-31-27-35(25-28-15-11-8-12-16-28,26-29-20-22-32(36-3)23-21-29)33(34(31)24-7-5-2)30-17-13-9-14-18-30/h9,13-14,17-18,20-23,27-28,33H,4-8,10-12,15-16,19,24-26H2,1-3H3/q+1. The average molecular weight is 490 g/mol. The second-order valence-electron chi connectivity index (χ2n) is 11.2. The van der Waals surface area contributed by atoms with Gasteiger partial charge in [0.25, 0.3) is 0 Å². The van der Waals surface area contributed by atoms with E-state index in [9.17, 15) is 0 Å². The number of unbranched alkanes of at least 4 members (excludes halogenated alkanes) is 3. The second kappa shape index (κ2) is 13.3. The van der Waals surface area contributed by atoms with Crippen molar-refractivity contribution in [2.24, 2.45) is 5.92 Å². The Bertz CT molecular complexity index is 932. The minimum Gasteiger partial charge on any atom is -0.497 e. The number of methoxy groups -OCH3 is 1.